The molecule has 0 radical (unpaired) electrons. The maximum atomic E-state index is 14.1. The van der Waals surface area contributed by atoms with Crippen molar-refractivity contribution in [2.45, 2.75) is 44.5 Å². The summed E-state index contributed by atoms with van der Waals surface area (Å²) in [6.07, 6.45) is 2.26. The van der Waals surface area contributed by atoms with Crippen LogP contribution in [0.2, 0.25) is 0 Å². The normalized spacial score (nSPS) is 11.6. The van der Waals surface area contributed by atoms with Crippen LogP contribution in [-0.4, -0.2) is 35.1 Å². The highest BCUT2D eigenvalue weighted by Crippen LogP contribution is 2.20. The Hall–Kier alpha value is -2.64. The summed E-state index contributed by atoms with van der Waals surface area (Å²) in [5.41, 5.74) is 2.48. The molecule has 4 nitrogen and oxygen atoms in total. The molecule has 3 aromatic rings. The predicted molar refractivity (Wildman–Crippen MR) is 149 cm³/mol. The number of rotatable bonds is 13. The highest BCUT2D eigenvalue weighted by Gasteiger charge is 2.30. The molecule has 0 aliphatic rings. The molecule has 3 rings (SSSR count). The summed E-state index contributed by atoms with van der Waals surface area (Å²) < 4.78 is 15.0. The van der Waals surface area contributed by atoms with Crippen LogP contribution in [0.25, 0.3) is 0 Å². The van der Waals surface area contributed by atoms with Gasteiger partial charge < -0.3 is 10.2 Å². The van der Waals surface area contributed by atoms with E-state index in [1.807, 2.05) is 54.6 Å². The van der Waals surface area contributed by atoms with Crippen molar-refractivity contribution < 1.29 is 14.0 Å². The van der Waals surface area contributed by atoms with Crippen LogP contribution in [0.15, 0.2) is 83.3 Å². The Morgan fingerprint density at radius 3 is 2.36 bits per heavy atom. The van der Waals surface area contributed by atoms with E-state index in [1.165, 1.54) is 17.8 Å². The molecule has 1 atom stereocenters. The molecule has 0 saturated heterocycles. The number of amides is 2. The third-order valence-corrected chi connectivity index (χ3v) is 7.30. The standard InChI is InChI=1S/C29H32BrFN2O2S/c1-2-3-17-32-29(35)27(18-22-9-5-4-6-10-22)33(19-23-13-15-25(30)16-14-23)28(34)21-36-20-24-11-7-8-12-26(24)31/h4-16,27H,2-3,17-21H2,1H3,(H,32,35)/t27-/m1/s1. The van der Waals surface area contributed by atoms with Gasteiger partial charge >= 0.3 is 0 Å². The molecule has 190 valence electrons. The number of thioether (sulfide) groups is 1. The number of nitrogens with one attached hydrogen (secondary N) is 1. The molecule has 3 aromatic carbocycles. The van der Waals surface area contributed by atoms with Crippen molar-refractivity contribution in [3.8, 4) is 0 Å². The zero-order valence-corrected chi connectivity index (χ0v) is 22.9. The van der Waals surface area contributed by atoms with Gasteiger partial charge in [0, 0.05) is 29.7 Å². The maximum absolute atomic E-state index is 14.1. The van der Waals surface area contributed by atoms with E-state index in [0.717, 1.165) is 28.4 Å². The number of hydrogen-bond donors (Lipinski definition) is 1. The summed E-state index contributed by atoms with van der Waals surface area (Å²) in [4.78, 5) is 28.6. The minimum absolute atomic E-state index is 0.147. The summed E-state index contributed by atoms with van der Waals surface area (Å²) in [5, 5.41) is 3.03. The molecule has 1 N–H and O–H groups in total. The minimum atomic E-state index is -0.658. The van der Waals surface area contributed by atoms with Gasteiger partial charge in [-0.2, -0.15) is 0 Å². The van der Waals surface area contributed by atoms with Gasteiger partial charge in [0.1, 0.15) is 11.9 Å². The Bertz CT molecular complexity index is 1110. The number of carbonyl (C=O) groups excluding carboxylic acids is 2. The van der Waals surface area contributed by atoms with Gasteiger partial charge in [-0.25, -0.2) is 4.39 Å². The smallest absolute Gasteiger partial charge is 0.243 e. The van der Waals surface area contributed by atoms with Crippen molar-refractivity contribution in [3.63, 3.8) is 0 Å². The summed E-state index contributed by atoms with van der Waals surface area (Å²) >= 11 is 4.81. The first-order valence-corrected chi connectivity index (χ1v) is 14.1. The van der Waals surface area contributed by atoms with E-state index in [9.17, 15) is 14.0 Å². The third-order valence-electron chi connectivity index (χ3n) is 5.81. The minimum Gasteiger partial charge on any atom is -0.354 e. The molecule has 2 amide bonds. The quantitative estimate of drug-likeness (QED) is 0.243. The number of carbonyl (C=O) groups is 2. The fourth-order valence-corrected chi connectivity index (χ4v) is 4.95. The Morgan fingerprint density at radius 2 is 1.67 bits per heavy atom. The molecule has 0 aliphatic carbocycles. The lowest BCUT2D eigenvalue weighted by Crippen LogP contribution is -2.51. The molecule has 0 bridgehead atoms. The van der Waals surface area contributed by atoms with Crippen LogP contribution >= 0.6 is 27.7 Å². The zero-order chi connectivity index (χ0) is 25.8. The second-order valence-electron chi connectivity index (χ2n) is 8.58. The fourth-order valence-electron chi connectivity index (χ4n) is 3.79. The van der Waals surface area contributed by atoms with Crippen LogP contribution in [0.3, 0.4) is 0 Å². The molecule has 0 fully saturated rings. The van der Waals surface area contributed by atoms with Crippen molar-refractivity contribution in [1.29, 1.82) is 0 Å². The first-order valence-electron chi connectivity index (χ1n) is 12.1. The summed E-state index contributed by atoms with van der Waals surface area (Å²) in [5.74, 6) is -0.0428. The number of unbranched alkanes of at least 4 members (excludes halogenated alkanes) is 1. The number of benzene rings is 3. The van der Waals surface area contributed by atoms with Crippen molar-refractivity contribution in [3.05, 3.63) is 106 Å². The molecule has 7 heteroatoms. The van der Waals surface area contributed by atoms with Gasteiger partial charge in [0.25, 0.3) is 0 Å². The van der Waals surface area contributed by atoms with Crippen molar-refractivity contribution >= 4 is 39.5 Å². The lowest BCUT2D eigenvalue weighted by Gasteiger charge is -2.31. The monoisotopic (exact) mass is 570 g/mol. The van der Waals surface area contributed by atoms with Crippen molar-refractivity contribution in [2.75, 3.05) is 12.3 Å². The maximum Gasteiger partial charge on any atom is 0.243 e. The summed E-state index contributed by atoms with van der Waals surface area (Å²) in [7, 11) is 0. The lowest BCUT2D eigenvalue weighted by molar-refractivity contribution is -0.139. The van der Waals surface area contributed by atoms with Gasteiger partial charge in [0.15, 0.2) is 0 Å². The van der Waals surface area contributed by atoms with Crippen LogP contribution in [0, 0.1) is 5.82 Å². The molecule has 0 heterocycles. The largest absolute Gasteiger partial charge is 0.354 e. The van der Waals surface area contributed by atoms with Gasteiger partial charge in [-0.1, -0.05) is 89.9 Å². The van der Waals surface area contributed by atoms with Crippen LogP contribution in [0.4, 0.5) is 4.39 Å². The zero-order valence-electron chi connectivity index (χ0n) is 20.5. The summed E-state index contributed by atoms with van der Waals surface area (Å²) in [6.45, 7) is 2.96. The van der Waals surface area contributed by atoms with Crippen LogP contribution < -0.4 is 5.32 Å². The average Bonchev–Trinajstić information content (AvgIpc) is 2.89. The molecule has 0 spiro atoms. The number of halogens is 2. The van der Waals surface area contributed by atoms with Crippen LogP contribution in [0.1, 0.15) is 36.5 Å². The molecule has 0 aliphatic heterocycles. The number of nitrogens with zero attached hydrogens (tertiary/aromatic N) is 1. The highest BCUT2D eigenvalue weighted by atomic mass is 79.9. The van der Waals surface area contributed by atoms with Crippen LogP contribution in [0.5, 0.6) is 0 Å². The fraction of sp³-hybridized carbons (Fsp3) is 0.310. The summed E-state index contributed by atoms with van der Waals surface area (Å²) in [6, 6.07) is 23.4. The highest BCUT2D eigenvalue weighted by molar-refractivity contribution is 9.10. The third kappa shape index (κ3) is 8.79. The van der Waals surface area contributed by atoms with E-state index in [-0.39, 0.29) is 23.4 Å². The number of hydrogen-bond acceptors (Lipinski definition) is 3. The van der Waals surface area contributed by atoms with E-state index in [0.29, 0.717) is 30.8 Å². The van der Waals surface area contributed by atoms with Crippen molar-refractivity contribution in [2.24, 2.45) is 0 Å². The van der Waals surface area contributed by atoms with Gasteiger partial charge in [-0.15, -0.1) is 11.8 Å². The molecular weight excluding hydrogens is 539 g/mol. The van der Waals surface area contributed by atoms with Gasteiger partial charge in [-0.05, 0) is 41.3 Å². The van der Waals surface area contributed by atoms with E-state index < -0.39 is 6.04 Å². The Labute approximate surface area is 225 Å². The Balaban J connectivity index is 1.83. The lowest BCUT2D eigenvalue weighted by atomic mass is 10.0. The second kappa shape index (κ2) is 14.8. The van der Waals surface area contributed by atoms with Gasteiger partial charge in [0.05, 0.1) is 5.75 Å². The predicted octanol–water partition coefficient (Wildman–Crippen LogP) is 6.38. The molecule has 36 heavy (non-hydrogen) atoms. The van der Waals surface area contributed by atoms with E-state index in [1.54, 1.807) is 23.1 Å². The topological polar surface area (TPSA) is 49.4 Å². The average molecular weight is 572 g/mol. The molecular formula is C29H32BrFN2O2S. The molecule has 0 unspecified atom stereocenters. The molecule has 0 aromatic heterocycles. The van der Waals surface area contributed by atoms with E-state index >= 15 is 0 Å². The molecule has 0 saturated carbocycles. The SMILES string of the molecule is CCCCNC(=O)[C@@H](Cc1ccccc1)N(Cc1ccc(Br)cc1)C(=O)CSCc1ccccc1F. The Morgan fingerprint density at radius 1 is 0.972 bits per heavy atom. The first kappa shape index (κ1) is 27.9. The van der Waals surface area contributed by atoms with Crippen molar-refractivity contribution in [1.82, 2.24) is 10.2 Å². The second-order valence-corrected chi connectivity index (χ2v) is 10.5. The van der Waals surface area contributed by atoms with Crippen LogP contribution in [-0.2, 0) is 28.3 Å². The van der Waals surface area contributed by atoms with E-state index in [4.69, 9.17) is 0 Å². The van der Waals surface area contributed by atoms with Gasteiger partial charge in [-0.3, -0.25) is 9.59 Å². The van der Waals surface area contributed by atoms with E-state index in [2.05, 4.69) is 28.2 Å². The Kier molecular flexibility index (Phi) is 11.5. The van der Waals surface area contributed by atoms with Gasteiger partial charge in [0.2, 0.25) is 11.8 Å². The first-order chi connectivity index (χ1) is 17.5.